The lowest BCUT2D eigenvalue weighted by Gasteiger charge is -2.26. The second kappa shape index (κ2) is 7.36. The van der Waals surface area contributed by atoms with Crippen molar-refractivity contribution in [2.75, 3.05) is 0 Å². The zero-order valence-electron chi connectivity index (χ0n) is 11.9. The fourth-order valence-electron chi connectivity index (χ4n) is 2.24. The summed E-state index contributed by atoms with van der Waals surface area (Å²) in [5, 5.41) is 0. The van der Waals surface area contributed by atoms with Crippen molar-refractivity contribution < 1.29 is 9.53 Å². The van der Waals surface area contributed by atoms with Crippen LogP contribution >= 0.6 is 34.8 Å². The monoisotopic (exact) mass is 356 g/mol. The van der Waals surface area contributed by atoms with Crippen molar-refractivity contribution in [2.24, 2.45) is 0 Å². The highest BCUT2D eigenvalue weighted by molar-refractivity contribution is 6.68. The molecule has 2 aromatic rings. The SMILES string of the molecule is CC(=O)OC(c1ccccc1Cc1ccccc1)C(Cl)(Cl)Cl. The van der Waals surface area contributed by atoms with E-state index in [1.165, 1.54) is 6.92 Å². The van der Waals surface area contributed by atoms with Crippen molar-refractivity contribution in [2.45, 2.75) is 23.2 Å². The van der Waals surface area contributed by atoms with Gasteiger partial charge in [0.2, 0.25) is 3.79 Å². The number of carbonyl (C=O) groups is 1. The molecule has 0 aliphatic heterocycles. The van der Waals surface area contributed by atoms with Crippen LogP contribution in [0.3, 0.4) is 0 Å². The molecule has 0 saturated heterocycles. The standard InChI is InChI=1S/C17H15Cl3O2/c1-12(21)22-16(17(18,19)20)15-10-6-5-9-14(15)11-13-7-3-2-4-8-13/h2-10,16H,11H2,1H3. The van der Waals surface area contributed by atoms with E-state index in [9.17, 15) is 4.79 Å². The number of hydrogen-bond donors (Lipinski definition) is 0. The van der Waals surface area contributed by atoms with Gasteiger partial charge < -0.3 is 4.74 Å². The minimum atomic E-state index is -1.74. The number of halogens is 3. The maximum Gasteiger partial charge on any atom is 0.303 e. The first kappa shape index (κ1) is 17.1. The summed E-state index contributed by atoms with van der Waals surface area (Å²) in [5.74, 6) is -0.495. The Labute approximate surface area is 144 Å². The summed E-state index contributed by atoms with van der Waals surface area (Å²) >= 11 is 18.0. The van der Waals surface area contributed by atoms with Gasteiger partial charge >= 0.3 is 5.97 Å². The molecule has 0 amide bonds. The highest BCUT2D eigenvalue weighted by atomic mass is 35.6. The van der Waals surface area contributed by atoms with E-state index in [4.69, 9.17) is 39.5 Å². The molecule has 0 aliphatic carbocycles. The lowest BCUT2D eigenvalue weighted by atomic mass is 9.97. The van der Waals surface area contributed by atoms with Crippen molar-refractivity contribution in [3.05, 3.63) is 71.3 Å². The number of alkyl halides is 3. The summed E-state index contributed by atoms with van der Waals surface area (Å²) in [4.78, 5) is 11.3. The van der Waals surface area contributed by atoms with Crippen molar-refractivity contribution >= 4 is 40.8 Å². The molecule has 116 valence electrons. The van der Waals surface area contributed by atoms with E-state index in [2.05, 4.69) is 0 Å². The summed E-state index contributed by atoms with van der Waals surface area (Å²) in [5.41, 5.74) is 2.77. The smallest absolute Gasteiger partial charge is 0.303 e. The van der Waals surface area contributed by atoms with Gasteiger partial charge in [-0.25, -0.2) is 0 Å². The molecule has 0 aromatic heterocycles. The molecule has 2 nitrogen and oxygen atoms in total. The van der Waals surface area contributed by atoms with Crippen LogP contribution < -0.4 is 0 Å². The quantitative estimate of drug-likeness (QED) is 0.551. The van der Waals surface area contributed by atoms with E-state index >= 15 is 0 Å². The second-order valence-electron chi connectivity index (χ2n) is 4.89. The number of benzene rings is 2. The fourth-order valence-corrected chi connectivity index (χ4v) is 2.73. The molecule has 5 heteroatoms. The van der Waals surface area contributed by atoms with E-state index in [1.54, 1.807) is 0 Å². The Bertz CT molecular complexity index is 636. The largest absolute Gasteiger partial charge is 0.453 e. The molecule has 0 fully saturated rings. The number of rotatable bonds is 4. The molecule has 0 spiro atoms. The molecule has 2 aromatic carbocycles. The van der Waals surface area contributed by atoms with Gasteiger partial charge in [0.15, 0.2) is 6.10 Å². The maximum absolute atomic E-state index is 11.3. The van der Waals surface area contributed by atoms with Crippen LogP contribution in [0, 0.1) is 0 Å². The van der Waals surface area contributed by atoms with Crippen LogP contribution in [0.5, 0.6) is 0 Å². The van der Waals surface area contributed by atoms with Gasteiger partial charge in [-0.3, -0.25) is 4.79 Å². The lowest BCUT2D eigenvalue weighted by molar-refractivity contribution is -0.146. The van der Waals surface area contributed by atoms with E-state index in [0.717, 1.165) is 11.1 Å². The Morgan fingerprint density at radius 3 is 2.23 bits per heavy atom. The van der Waals surface area contributed by atoms with E-state index in [1.807, 2.05) is 54.6 Å². The molecule has 22 heavy (non-hydrogen) atoms. The minimum absolute atomic E-state index is 0.495. The minimum Gasteiger partial charge on any atom is -0.453 e. The third kappa shape index (κ3) is 4.64. The molecule has 0 aliphatic rings. The van der Waals surface area contributed by atoms with Gasteiger partial charge in [-0.05, 0) is 17.5 Å². The average molecular weight is 358 g/mol. The van der Waals surface area contributed by atoms with Crippen LogP contribution in [0.4, 0.5) is 0 Å². The Morgan fingerprint density at radius 2 is 1.64 bits per heavy atom. The highest BCUT2D eigenvalue weighted by Gasteiger charge is 2.38. The summed E-state index contributed by atoms with van der Waals surface area (Å²) in [6.07, 6.45) is -0.287. The van der Waals surface area contributed by atoms with E-state index in [-0.39, 0.29) is 0 Å². The van der Waals surface area contributed by atoms with Gasteiger partial charge in [0.05, 0.1) is 0 Å². The zero-order valence-corrected chi connectivity index (χ0v) is 14.2. The molecule has 1 unspecified atom stereocenters. The second-order valence-corrected chi connectivity index (χ2v) is 7.26. The van der Waals surface area contributed by atoms with Crippen LogP contribution in [-0.2, 0) is 16.0 Å². The van der Waals surface area contributed by atoms with Crippen molar-refractivity contribution in [1.82, 2.24) is 0 Å². The van der Waals surface area contributed by atoms with Crippen LogP contribution in [0.15, 0.2) is 54.6 Å². The van der Waals surface area contributed by atoms with Gasteiger partial charge in [-0.1, -0.05) is 89.4 Å². The predicted octanol–water partition coefficient (Wildman–Crippen LogP) is 5.25. The van der Waals surface area contributed by atoms with Crippen LogP contribution in [0.25, 0.3) is 0 Å². The Hall–Kier alpha value is -1.22. The summed E-state index contributed by atoms with van der Waals surface area (Å²) in [6, 6.07) is 17.4. The molecule has 0 heterocycles. The molecule has 2 rings (SSSR count). The number of hydrogen-bond acceptors (Lipinski definition) is 2. The van der Waals surface area contributed by atoms with E-state index in [0.29, 0.717) is 12.0 Å². The molecular weight excluding hydrogens is 343 g/mol. The molecule has 0 bridgehead atoms. The molecule has 0 radical (unpaired) electrons. The third-order valence-corrected chi connectivity index (χ3v) is 3.75. The zero-order chi connectivity index (χ0) is 16.2. The van der Waals surface area contributed by atoms with Crippen molar-refractivity contribution in [3.8, 4) is 0 Å². The Kier molecular flexibility index (Phi) is 5.74. The topological polar surface area (TPSA) is 26.3 Å². The molecule has 0 N–H and O–H groups in total. The first-order valence-electron chi connectivity index (χ1n) is 6.73. The molecule has 1 atom stereocenters. The highest BCUT2D eigenvalue weighted by Crippen LogP contribution is 2.43. The van der Waals surface area contributed by atoms with Crippen LogP contribution in [0.1, 0.15) is 29.7 Å². The van der Waals surface area contributed by atoms with Crippen LogP contribution in [0.2, 0.25) is 0 Å². The number of ether oxygens (including phenoxy) is 1. The van der Waals surface area contributed by atoms with Crippen molar-refractivity contribution in [1.29, 1.82) is 0 Å². The number of carbonyl (C=O) groups excluding carboxylic acids is 1. The number of esters is 1. The van der Waals surface area contributed by atoms with Gasteiger partial charge in [0, 0.05) is 12.5 Å². The fraction of sp³-hybridized carbons (Fsp3) is 0.235. The summed E-state index contributed by atoms with van der Waals surface area (Å²) in [6.45, 7) is 1.29. The normalized spacial score (nSPS) is 12.7. The lowest BCUT2D eigenvalue weighted by Crippen LogP contribution is -2.23. The average Bonchev–Trinajstić information content (AvgIpc) is 2.45. The van der Waals surface area contributed by atoms with E-state index < -0.39 is 15.9 Å². The summed E-state index contributed by atoms with van der Waals surface area (Å²) in [7, 11) is 0. The molecular formula is C17H15Cl3O2. The van der Waals surface area contributed by atoms with Gasteiger partial charge in [-0.2, -0.15) is 0 Å². The van der Waals surface area contributed by atoms with Crippen LogP contribution in [-0.4, -0.2) is 9.76 Å². The van der Waals surface area contributed by atoms with Gasteiger partial charge in [-0.15, -0.1) is 0 Å². The first-order chi connectivity index (χ1) is 10.4. The predicted molar refractivity (Wildman–Crippen MR) is 90.5 cm³/mol. The maximum atomic E-state index is 11.3. The van der Waals surface area contributed by atoms with Crippen molar-refractivity contribution in [3.63, 3.8) is 0 Å². The Balaban J connectivity index is 2.39. The Morgan fingerprint density at radius 1 is 1.05 bits per heavy atom. The third-order valence-electron chi connectivity index (χ3n) is 3.16. The van der Waals surface area contributed by atoms with Gasteiger partial charge in [0.25, 0.3) is 0 Å². The summed E-state index contributed by atoms with van der Waals surface area (Å²) < 4.78 is 3.51. The molecule has 0 saturated carbocycles. The van der Waals surface area contributed by atoms with Gasteiger partial charge in [0.1, 0.15) is 0 Å². The first-order valence-corrected chi connectivity index (χ1v) is 7.87.